The Labute approximate surface area is 107 Å². The van der Waals surface area contributed by atoms with Gasteiger partial charge in [-0.3, -0.25) is 0 Å². The first-order chi connectivity index (χ1) is 8.61. The van der Waals surface area contributed by atoms with Crippen molar-refractivity contribution < 1.29 is 18.3 Å². The molecule has 0 bridgehead atoms. The van der Waals surface area contributed by atoms with Crippen molar-refractivity contribution in [1.29, 1.82) is 0 Å². The van der Waals surface area contributed by atoms with Gasteiger partial charge in [-0.25, -0.2) is 0 Å². The summed E-state index contributed by atoms with van der Waals surface area (Å²) in [6.45, 7) is 6.26. The number of halogens is 2. The normalized spacial score (nSPS) is 18.1. The largest absolute Gasteiger partial charge is 0.586 e. The fourth-order valence-corrected chi connectivity index (χ4v) is 1.42. The summed E-state index contributed by atoms with van der Waals surface area (Å²) in [6.07, 6.45) is 0.941. The third kappa shape index (κ3) is 4.51. The molecule has 0 unspecified atom stereocenters. The molecule has 1 saturated carbocycles. The third-order valence-corrected chi connectivity index (χ3v) is 2.58. The molecule has 0 N–H and O–H groups in total. The maximum atomic E-state index is 12.3. The van der Waals surface area contributed by atoms with Crippen LogP contribution in [0.2, 0.25) is 0 Å². The predicted octanol–water partition coefficient (Wildman–Crippen LogP) is 4.84. The molecule has 0 spiro atoms. The smallest absolute Gasteiger partial charge is 0.395 e. The van der Waals surface area contributed by atoms with Crippen molar-refractivity contribution in [2.24, 2.45) is 5.92 Å². The summed E-state index contributed by atoms with van der Waals surface area (Å²) < 4.78 is 32.9. The van der Waals surface area contributed by atoms with Crippen LogP contribution in [0, 0.1) is 5.92 Å². The molecule has 18 heavy (non-hydrogen) atoms. The third-order valence-electron chi connectivity index (χ3n) is 2.58. The van der Waals surface area contributed by atoms with E-state index in [2.05, 4.69) is 16.4 Å². The van der Waals surface area contributed by atoms with Crippen LogP contribution in [0.5, 0.6) is 11.5 Å². The molecule has 1 aromatic rings. The summed E-state index contributed by atoms with van der Waals surface area (Å²) in [5.41, 5.74) is 0. The van der Waals surface area contributed by atoms with Gasteiger partial charge < -0.3 is 9.47 Å². The molecular weight excluding hydrogens is 238 g/mol. The lowest BCUT2D eigenvalue weighted by Gasteiger charge is -2.04. The highest BCUT2D eigenvalue weighted by Gasteiger charge is 2.42. The molecule has 1 aliphatic heterocycles. The van der Waals surface area contributed by atoms with E-state index in [-0.39, 0.29) is 11.5 Å². The van der Waals surface area contributed by atoms with Crippen molar-refractivity contribution in [3.8, 4) is 11.5 Å². The SMILES string of the molecule is CC.CCC1CC1.FC1(F)Oc2ccccc2O1. The number of rotatable bonds is 1. The first kappa shape index (κ1) is 14.7. The van der Waals surface area contributed by atoms with Gasteiger partial charge in [0.15, 0.2) is 11.5 Å². The Bertz CT molecular complexity index is 336. The Balaban J connectivity index is 0.000000195. The van der Waals surface area contributed by atoms with Gasteiger partial charge >= 0.3 is 6.29 Å². The Morgan fingerprint density at radius 2 is 1.56 bits per heavy atom. The summed E-state index contributed by atoms with van der Waals surface area (Å²) in [5, 5.41) is 0. The Morgan fingerprint density at radius 1 is 1.11 bits per heavy atom. The van der Waals surface area contributed by atoms with Crippen LogP contribution in [0.15, 0.2) is 24.3 Å². The highest BCUT2D eigenvalue weighted by atomic mass is 19.3. The van der Waals surface area contributed by atoms with Crippen LogP contribution in [0.1, 0.15) is 40.0 Å². The van der Waals surface area contributed by atoms with Crippen LogP contribution in [0.3, 0.4) is 0 Å². The van der Waals surface area contributed by atoms with Crippen molar-refractivity contribution in [2.75, 3.05) is 0 Å². The molecule has 4 heteroatoms. The van der Waals surface area contributed by atoms with Gasteiger partial charge in [-0.05, 0) is 18.1 Å². The molecule has 1 aliphatic carbocycles. The Hall–Kier alpha value is -1.32. The molecule has 3 rings (SSSR count). The fraction of sp³-hybridized carbons (Fsp3) is 0.571. The lowest BCUT2D eigenvalue weighted by atomic mass is 10.3. The minimum Gasteiger partial charge on any atom is -0.395 e. The number of alkyl halides is 2. The first-order valence-corrected chi connectivity index (χ1v) is 6.45. The monoisotopic (exact) mass is 258 g/mol. The molecular formula is C14H20F2O2. The summed E-state index contributed by atoms with van der Waals surface area (Å²) in [7, 11) is 0. The van der Waals surface area contributed by atoms with Crippen LogP contribution >= 0.6 is 0 Å². The zero-order valence-electron chi connectivity index (χ0n) is 11.1. The lowest BCUT2D eigenvalue weighted by molar-refractivity contribution is -0.286. The molecule has 0 saturated heterocycles. The molecule has 1 fully saturated rings. The van der Waals surface area contributed by atoms with E-state index in [1.165, 1.54) is 31.4 Å². The minimum atomic E-state index is -3.50. The summed E-state index contributed by atoms with van der Waals surface area (Å²) >= 11 is 0. The van der Waals surface area contributed by atoms with E-state index in [9.17, 15) is 8.78 Å². The fourth-order valence-electron chi connectivity index (χ4n) is 1.42. The number of benzene rings is 1. The maximum absolute atomic E-state index is 12.3. The number of fused-ring (bicyclic) bond motifs is 1. The van der Waals surface area contributed by atoms with Crippen molar-refractivity contribution in [3.63, 3.8) is 0 Å². The highest BCUT2D eigenvalue weighted by Crippen LogP contribution is 2.39. The van der Waals surface area contributed by atoms with Gasteiger partial charge in [0.2, 0.25) is 0 Å². The van der Waals surface area contributed by atoms with Crippen molar-refractivity contribution in [1.82, 2.24) is 0 Å². The van der Waals surface area contributed by atoms with Gasteiger partial charge in [-0.1, -0.05) is 52.2 Å². The van der Waals surface area contributed by atoms with E-state index in [0.717, 1.165) is 5.92 Å². The second-order valence-corrected chi connectivity index (χ2v) is 3.97. The average Bonchev–Trinajstić information content (AvgIpc) is 3.14. The van der Waals surface area contributed by atoms with Crippen molar-refractivity contribution in [2.45, 2.75) is 46.3 Å². The van der Waals surface area contributed by atoms with Crippen LogP contribution in [0.4, 0.5) is 8.78 Å². The zero-order valence-corrected chi connectivity index (χ0v) is 11.1. The van der Waals surface area contributed by atoms with Crippen LogP contribution < -0.4 is 9.47 Å². The van der Waals surface area contributed by atoms with E-state index in [1.807, 2.05) is 13.8 Å². The van der Waals surface area contributed by atoms with E-state index >= 15 is 0 Å². The van der Waals surface area contributed by atoms with Crippen molar-refractivity contribution >= 4 is 0 Å². The van der Waals surface area contributed by atoms with Crippen molar-refractivity contribution in [3.05, 3.63) is 24.3 Å². The van der Waals surface area contributed by atoms with Crippen LogP contribution in [-0.2, 0) is 0 Å². The van der Waals surface area contributed by atoms with E-state index in [0.29, 0.717) is 0 Å². The highest BCUT2D eigenvalue weighted by molar-refractivity contribution is 5.41. The number of ether oxygens (including phenoxy) is 2. The Morgan fingerprint density at radius 3 is 1.83 bits per heavy atom. The van der Waals surface area contributed by atoms with E-state index < -0.39 is 6.29 Å². The van der Waals surface area contributed by atoms with Crippen LogP contribution in [-0.4, -0.2) is 6.29 Å². The molecule has 102 valence electrons. The van der Waals surface area contributed by atoms with Gasteiger partial charge in [0, 0.05) is 0 Å². The van der Waals surface area contributed by atoms with Gasteiger partial charge in [-0.15, -0.1) is 8.78 Å². The Kier molecular flexibility index (Phi) is 5.38. The number of hydrogen-bond acceptors (Lipinski definition) is 2. The molecule has 2 nitrogen and oxygen atoms in total. The minimum absolute atomic E-state index is 0.0810. The molecule has 2 aliphatic rings. The lowest BCUT2D eigenvalue weighted by Crippen LogP contribution is -2.25. The zero-order chi connectivity index (χ0) is 13.6. The maximum Gasteiger partial charge on any atom is 0.586 e. The van der Waals surface area contributed by atoms with Gasteiger partial charge in [0.1, 0.15) is 0 Å². The summed E-state index contributed by atoms with van der Waals surface area (Å²) in [4.78, 5) is 0. The number of hydrogen-bond donors (Lipinski definition) is 0. The summed E-state index contributed by atoms with van der Waals surface area (Å²) in [6, 6.07) is 6.06. The quantitative estimate of drug-likeness (QED) is 0.717. The predicted molar refractivity (Wildman–Crippen MR) is 67.0 cm³/mol. The first-order valence-electron chi connectivity index (χ1n) is 6.45. The molecule has 1 aromatic carbocycles. The molecule has 0 atom stereocenters. The van der Waals surface area contributed by atoms with Gasteiger partial charge in [-0.2, -0.15) is 0 Å². The second kappa shape index (κ2) is 6.57. The van der Waals surface area contributed by atoms with E-state index in [4.69, 9.17) is 0 Å². The van der Waals surface area contributed by atoms with Gasteiger partial charge in [0.25, 0.3) is 0 Å². The average molecular weight is 258 g/mol. The van der Waals surface area contributed by atoms with E-state index in [1.54, 1.807) is 12.1 Å². The van der Waals surface area contributed by atoms with Gasteiger partial charge in [0.05, 0.1) is 0 Å². The summed E-state index contributed by atoms with van der Waals surface area (Å²) in [5.74, 6) is 1.30. The molecule has 0 aromatic heterocycles. The van der Waals surface area contributed by atoms with Crippen LogP contribution in [0.25, 0.3) is 0 Å². The number of para-hydroxylation sites is 2. The standard InChI is InChI=1S/C7H4F2O2.C5H10.C2H6/c8-7(9)10-5-3-1-2-4-6(5)11-7;1-2-5-3-4-5;1-2/h1-4H;5H,2-4H2,1H3;1-2H3. The topological polar surface area (TPSA) is 18.5 Å². The molecule has 1 heterocycles. The second-order valence-electron chi connectivity index (χ2n) is 3.97. The molecule has 0 amide bonds. The molecule has 0 radical (unpaired) electrons.